The number of thiazole rings is 1. The quantitative estimate of drug-likeness (QED) is 0.891. The van der Waals surface area contributed by atoms with Crippen molar-refractivity contribution < 1.29 is 4.79 Å². The molecule has 0 bridgehead atoms. The maximum atomic E-state index is 11.9. The van der Waals surface area contributed by atoms with Crippen LogP contribution in [0.25, 0.3) is 0 Å². The van der Waals surface area contributed by atoms with Crippen LogP contribution in [0.5, 0.6) is 0 Å². The highest BCUT2D eigenvalue weighted by Gasteiger charge is 2.48. The Hall–Kier alpha value is -1.41. The average molecular weight is 249 g/mol. The molecule has 1 aliphatic rings. The molecule has 90 valence electrons. The number of rotatable bonds is 3. The Balaban J connectivity index is 1.92. The smallest absolute Gasteiger partial charge is 0.240 e. The second-order valence-corrected chi connectivity index (χ2v) is 5.72. The van der Waals surface area contributed by atoms with Crippen LogP contribution in [0.1, 0.15) is 30.5 Å². The number of hydrogen-bond acceptors (Lipinski definition) is 4. The number of carbonyl (C=O) groups excluding carboxylic acids is 1. The van der Waals surface area contributed by atoms with Crippen molar-refractivity contribution in [3.8, 4) is 6.07 Å². The Kier molecular flexibility index (Phi) is 3.16. The van der Waals surface area contributed by atoms with E-state index in [1.807, 2.05) is 12.3 Å². The van der Waals surface area contributed by atoms with Gasteiger partial charge in [-0.05, 0) is 25.7 Å². The third-order valence-electron chi connectivity index (χ3n) is 3.11. The van der Waals surface area contributed by atoms with Gasteiger partial charge in [0.25, 0.3) is 0 Å². The summed E-state index contributed by atoms with van der Waals surface area (Å²) in [7, 11) is 0. The third-order valence-corrected chi connectivity index (χ3v) is 4.08. The van der Waals surface area contributed by atoms with Crippen LogP contribution >= 0.6 is 11.3 Å². The van der Waals surface area contributed by atoms with Crippen molar-refractivity contribution in [2.45, 2.75) is 33.2 Å². The van der Waals surface area contributed by atoms with E-state index < -0.39 is 5.41 Å². The molecule has 0 saturated heterocycles. The molecule has 1 aromatic heterocycles. The summed E-state index contributed by atoms with van der Waals surface area (Å²) in [5, 5.41) is 14.8. The van der Waals surface area contributed by atoms with Gasteiger partial charge in [-0.25, -0.2) is 4.98 Å². The van der Waals surface area contributed by atoms with Crippen LogP contribution in [0, 0.1) is 29.6 Å². The fourth-order valence-corrected chi connectivity index (χ4v) is 2.98. The van der Waals surface area contributed by atoms with Crippen LogP contribution < -0.4 is 5.32 Å². The molecule has 1 saturated carbocycles. The molecule has 0 spiro atoms. The molecule has 1 heterocycles. The van der Waals surface area contributed by atoms with Crippen molar-refractivity contribution in [2.75, 3.05) is 0 Å². The first kappa shape index (κ1) is 12.1. The van der Waals surface area contributed by atoms with Crippen LogP contribution in [-0.4, -0.2) is 10.9 Å². The normalized spacial score (nSPS) is 27.0. The molecular weight excluding hydrogens is 234 g/mol. The molecule has 1 N–H and O–H groups in total. The highest BCUT2D eigenvalue weighted by Crippen LogP contribution is 2.45. The predicted octanol–water partition coefficient (Wildman–Crippen LogP) is 2.01. The van der Waals surface area contributed by atoms with E-state index >= 15 is 0 Å². The van der Waals surface area contributed by atoms with E-state index in [1.54, 1.807) is 0 Å². The summed E-state index contributed by atoms with van der Waals surface area (Å²) in [6, 6.07) is 2.16. The van der Waals surface area contributed by atoms with Crippen LogP contribution in [0.2, 0.25) is 0 Å². The summed E-state index contributed by atoms with van der Waals surface area (Å²) in [4.78, 5) is 16.2. The summed E-state index contributed by atoms with van der Waals surface area (Å²) < 4.78 is 0. The van der Waals surface area contributed by atoms with Gasteiger partial charge in [0.05, 0.1) is 12.6 Å². The van der Waals surface area contributed by atoms with E-state index in [1.165, 1.54) is 11.3 Å². The molecule has 1 aromatic rings. The lowest BCUT2D eigenvalue weighted by Crippen LogP contribution is -2.47. The summed E-state index contributed by atoms with van der Waals surface area (Å²) in [5.41, 5.74) is 0.178. The fourth-order valence-electron chi connectivity index (χ4n) is 2.27. The molecule has 1 aliphatic carbocycles. The van der Waals surface area contributed by atoms with Gasteiger partial charge in [0.15, 0.2) is 0 Å². The Morgan fingerprint density at radius 3 is 2.94 bits per heavy atom. The molecular formula is C12H15N3OS. The maximum Gasteiger partial charge on any atom is 0.240 e. The minimum atomic E-state index is -0.786. The lowest BCUT2D eigenvalue weighted by molar-refractivity contribution is -0.134. The molecule has 17 heavy (non-hydrogen) atoms. The lowest BCUT2D eigenvalue weighted by Gasteiger charge is -2.39. The van der Waals surface area contributed by atoms with Crippen LogP contribution in [-0.2, 0) is 11.3 Å². The van der Waals surface area contributed by atoms with Crippen LogP contribution in [0.15, 0.2) is 5.38 Å². The zero-order valence-corrected chi connectivity index (χ0v) is 10.8. The van der Waals surface area contributed by atoms with Gasteiger partial charge in [0.1, 0.15) is 10.4 Å². The molecule has 0 radical (unpaired) electrons. The number of nitrogens with one attached hydrogen (secondary N) is 1. The van der Waals surface area contributed by atoms with Gasteiger partial charge >= 0.3 is 0 Å². The fraction of sp³-hybridized carbons (Fsp3) is 0.583. The molecule has 1 amide bonds. The van der Waals surface area contributed by atoms with E-state index in [9.17, 15) is 4.79 Å². The van der Waals surface area contributed by atoms with E-state index in [2.05, 4.69) is 23.3 Å². The Bertz CT molecular complexity index is 468. The van der Waals surface area contributed by atoms with Crippen molar-refractivity contribution >= 4 is 17.2 Å². The zero-order valence-electron chi connectivity index (χ0n) is 9.99. The second kappa shape index (κ2) is 4.46. The first-order valence-electron chi connectivity index (χ1n) is 5.66. The SMILES string of the molecule is Cc1csc(CNC(=O)C2(C#N)CC(C)C2)n1. The summed E-state index contributed by atoms with van der Waals surface area (Å²) in [5.74, 6) is 0.327. The van der Waals surface area contributed by atoms with Gasteiger partial charge in [-0.2, -0.15) is 5.26 Å². The standard InChI is InChI=1S/C12H15N3OS/c1-8-3-12(4-8,7-13)11(16)14-5-10-15-9(2)6-17-10/h6,8H,3-5H2,1-2H3,(H,14,16). The second-order valence-electron chi connectivity index (χ2n) is 4.77. The number of nitriles is 1. The zero-order chi connectivity index (χ0) is 12.5. The molecule has 5 heteroatoms. The topological polar surface area (TPSA) is 65.8 Å². The minimum Gasteiger partial charge on any atom is -0.348 e. The van der Waals surface area contributed by atoms with E-state index in [-0.39, 0.29) is 5.91 Å². The summed E-state index contributed by atoms with van der Waals surface area (Å²) in [6.07, 6.45) is 1.35. The van der Waals surface area contributed by atoms with Crippen molar-refractivity contribution in [2.24, 2.45) is 11.3 Å². The van der Waals surface area contributed by atoms with Crippen molar-refractivity contribution in [3.05, 3.63) is 16.1 Å². The number of aromatic nitrogens is 1. The number of amides is 1. The third kappa shape index (κ3) is 2.32. The van der Waals surface area contributed by atoms with Crippen molar-refractivity contribution in [1.82, 2.24) is 10.3 Å². The minimum absolute atomic E-state index is 0.147. The van der Waals surface area contributed by atoms with Crippen molar-refractivity contribution in [3.63, 3.8) is 0 Å². The molecule has 0 atom stereocenters. The van der Waals surface area contributed by atoms with Gasteiger partial charge in [-0.15, -0.1) is 11.3 Å². The number of nitrogens with zero attached hydrogens (tertiary/aromatic N) is 2. The van der Waals surface area contributed by atoms with Crippen LogP contribution in [0.4, 0.5) is 0 Å². The number of carbonyl (C=O) groups is 1. The monoisotopic (exact) mass is 249 g/mol. The molecule has 1 fully saturated rings. The van der Waals surface area contributed by atoms with Gasteiger partial charge in [-0.1, -0.05) is 6.92 Å². The van der Waals surface area contributed by atoms with Gasteiger partial charge in [-0.3, -0.25) is 4.79 Å². The van der Waals surface area contributed by atoms with E-state index in [0.29, 0.717) is 25.3 Å². The molecule has 0 aromatic carbocycles. The molecule has 2 rings (SSSR count). The first-order valence-corrected chi connectivity index (χ1v) is 6.54. The Morgan fingerprint density at radius 2 is 2.47 bits per heavy atom. The average Bonchev–Trinajstić information content (AvgIpc) is 2.67. The first-order chi connectivity index (χ1) is 8.05. The number of hydrogen-bond donors (Lipinski definition) is 1. The maximum absolute atomic E-state index is 11.9. The van der Waals surface area contributed by atoms with Crippen LogP contribution in [0.3, 0.4) is 0 Å². The van der Waals surface area contributed by atoms with Gasteiger partial charge in [0, 0.05) is 11.1 Å². The van der Waals surface area contributed by atoms with E-state index in [4.69, 9.17) is 5.26 Å². The summed E-state index contributed by atoms with van der Waals surface area (Å²) in [6.45, 7) is 4.41. The highest BCUT2D eigenvalue weighted by molar-refractivity contribution is 7.09. The molecule has 0 aliphatic heterocycles. The Morgan fingerprint density at radius 1 is 1.76 bits per heavy atom. The van der Waals surface area contributed by atoms with Gasteiger partial charge in [0.2, 0.25) is 5.91 Å². The molecule has 0 unspecified atom stereocenters. The van der Waals surface area contributed by atoms with E-state index in [0.717, 1.165) is 10.7 Å². The molecule has 4 nitrogen and oxygen atoms in total. The lowest BCUT2D eigenvalue weighted by atomic mass is 9.63. The number of aryl methyl sites for hydroxylation is 1. The predicted molar refractivity (Wildman–Crippen MR) is 65.1 cm³/mol. The van der Waals surface area contributed by atoms with Gasteiger partial charge < -0.3 is 5.32 Å². The Labute approximate surface area is 105 Å². The largest absolute Gasteiger partial charge is 0.348 e. The summed E-state index contributed by atoms with van der Waals surface area (Å²) >= 11 is 1.53. The van der Waals surface area contributed by atoms with Crippen molar-refractivity contribution in [1.29, 1.82) is 5.26 Å². The highest BCUT2D eigenvalue weighted by atomic mass is 32.1.